The lowest BCUT2D eigenvalue weighted by Gasteiger charge is -2.40. The van der Waals surface area contributed by atoms with Crippen LogP contribution in [0.5, 0.6) is 0 Å². The number of unbranched alkanes of at least 4 members (excludes halogenated alkanes) is 6. The SMILES string of the molecule is CCCCCCCCCc1ccccc1C1O[C@H](CO)[C@@H](O)[C@H](O)[C@@H]1O. The van der Waals surface area contributed by atoms with Gasteiger partial charge in [0.25, 0.3) is 0 Å². The molecule has 5 nitrogen and oxygen atoms in total. The van der Waals surface area contributed by atoms with Crippen LogP contribution < -0.4 is 0 Å². The molecule has 1 aromatic carbocycles. The Hall–Kier alpha value is -0.980. The van der Waals surface area contributed by atoms with Crippen LogP contribution in [0.2, 0.25) is 0 Å². The zero-order chi connectivity index (χ0) is 18.9. The molecule has 26 heavy (non-hydrogen) atoms. The zero-order valence-electron chi connectivity index (χ0n) is 15.8. The molecule has 1 aromatic rings. The summed E-state index contributed by atoms with van der Waals surface area (Å²) in [5.41, 5.74) is 1.92. The molecule has 0 bridgehead atoms. The monoisotopic (exact) mass is 366 g/mol. The summed E-state index contributed by atoms with van der Waals surface area (Å²) in [6.45, 7) is 1.82. The maximum absolute atomic E-state index is 10.4. The molecule has 0 radical (unpaired) electrons. The fraction of sp³-hybridized carbons (Fsp3) is 0.714. The lowest BCUT2D eigenvalue weighted by atomic mass is 9.88. The van der Waals surface area contributed by atoms with Gasteiger partial charge in [-0.3, -0.25) is 0 Å². The van der Waals surface area contributed by atoms with Crippen molar-refractivity contribution in [3.8, 4) is 0 Å². The van der Waals surface area contributed by atoms with Crippen LogP contribution in [0.25, 0.3) is 0 Å². The fourth-order valence-corrected chi connectivity index (χ4v) is 3.67. The van der Waals surface area contributed by atoms with Gasteiger partial charge in [0.15, 0.2) is 0 Å². The van der Waals surface area contributed by atoms with Crippen LogP contribution >= 0.6 is 0 Å². The van der Waals surface area contributed by atoms with E-state index in [1.165, 1.54) is 38.5 Å². The Morgan fingerprint density at radius 2 is 1.50 bits per heavy atom. The minimum Gasteiger partial charge on any atom is -0.394 e. The van der Waals surface area contributed by atoms with Gasteiger partial charge < -0.3 is 25.2 Å². The van der Waals surface area contributed by atoms with Crippen molar-refractivity contribution in [3.63, 3.8) is 0 Å². The number of aliphatic hydroxyl groups is 4. The van der Waals surface area contributed by atoms with Gasteiger partial charge in [-0.05, 0) is 24.0 Å². The largest absolute Gasteiger partial charge is 0.394 e. The van der Waals surface area contributed by atoms with Gasteiger partial charge in [0.2, 0.25) is 0 Å². The number of hydrogen-bond acceptors (Lipinski definition) is 5. The van der Waals surface area contributed by atoms with E-state index in [1.807, 2.05) is 24.3 Å². The van der Waals surface area contributed by atoms with Crippen LogP contribution in [0, 0.1) is 0 Å². The molecule has 148 valence electrons. The van der Waals surface area contributed by atoms with Gasteiger partial charge >= 0.3 is 0 Å². The molecule has 2 rings (SSSR count). The number of hydrogen-bond donors (Lipinski definition) is 4. The highest BCUT2D eigenvalue weighted by molar-refractivity contribution is 5.31. The molecule has 1 saturated heterocycles. The zero-order valence-corrected chi connectivity index (χ0v) is 15.8. The van der Waals surface area contributed by atoms with Crippen molar-refractivity contribution in [1.29, 1.82) is 0 Å². The fourth-order valence-electron chi connectivity index (χ4n) is 3.67. The van der Waals surface area contributed by atoms with E-state index in [4.69, 9.17) is 4.74 Å². The Kier molecular flexibility index (Phi) is 9.02. The minimum atomic E-state index is -1.34. The van der Waals surface area contributed by atoms with Crippen LogP contribution in [0.4, 0.5) is 0 Å². The van der Waals surface area contributed by atoms with Crippen molar-refractivity contribution in [2.24, 2.45) is 0 Å². The normalized spacial score (nSPS) is 29.0. The summed E-state index contributed by atoms with van der Waals surface area (Å²) in [7, 11) is 0. The predicted octanol–water partition coefficient (Wildman–Crippen LogP) is 2.49. The first kappa shape index (κ1) is 21.3. The maximum atomic E-state index is 10.4. The first-order valence-corrected chi connectivity index (χ1v) is 9.98. The third-order valence-electron chi connectivity index (χ3n) is 5.30. The highest BCUT2D eigenvalue weighted by Crippen LogP contribution is 2.34. The van der Waals surface area contributed by atoms with Gasteiger partial charge in [-0.1, -0.05) is 69.7 Å². The molecule has 5 heteroatoms. The molecule has 0 aliphatic carbocycles. The van der Waals surface area contributed by atoms with E-state index in [2.05, 4.69) is 6.92 Å². The van der Waals surface area contributed by atoms with Crippen molar-refractivity contribution in [2.75, 3.05) is 6.61 Å². The average molecular weight is 366 g/mol. The van der Waals surface area contributed by atoms with Crippen molar-refractivity contribution in [1.82, 2.24) is 0 Å². The first-order valence-electron chi connectivity index (χ1n) is 9.98. The smallest absolute Gasteiger partial charge is 0.113 e. The molecule has 1 fully saturated rings. The molecule has 1 unspecified atom stereocenters. The van der Waals surface area contributed by atoms with Crippen LogP contribution in [0.15, 0.2) is 24.3 Å². The van der Waals surface area contributed by atoms with Gasteiger partial charge in [-0.15, -0.1) is 0 Å². The van der Waals surface area contributed by atoms with Crippen LogP contribution in [-0.4, -0.2) is 51.4 Å². The molecule has 1 aliphatic rings. The van der Waals surface area contributed by atoms with E-state index in [-0.39, 0.29) is 0 Å². The van der Waals surface area contributed by atoms with Gasteiger partial charge in [-0.2, -0.15) is 0 Å². The maximum Gasteiger partial charge on any atom is 0.113 e. The topological polar surface area (TPSA) is 90.2 Å². The highest BCUT2D eigenvalue weighted by atomic mass is 16.5. The minimum absolute atomic E-state index is 0.401. The van der Waals surface area contributed by atoms with E-state index < -0.39 is 37.1 Å². The number of aliphatic hydroxyl groups excluding tert-OH is 4. The summed E-state index contributed by atoms with van der Waals surface area (Å²) in [5, 5.41) is 39.8. The van der Waals surface area contributed by atoms with E-state index in [9.17, 15) is 20.4 Å². The summed E-state index contributed by atoms with van der Waals surface area (Å²) < 4.78 is 5.72. The summed E-state index contributed by atoms with van der Waals surface area (Å²) in [6, 6.07) is 7.76. The molecular formula is C21H34O5. The molecule has 1 aliphatic heterocycles. The first-order chi connectivity index (χ1) is 12.6. The molecule has 0 amide bonds. The number of aryl methyl sites for hydroxylation is 1. The molecule has 0 saturated carbocycles. The number of ether oxygens (including phenoxy) is 1. The predicted molar refractivity (Wildman–Crippen MR) is 101 cm³/mol. The van der Waals surface area contributed by atoms with Gasteiger partial charge in [0.05, 0.1) is 6.61 Å². The summed E-state index contributed by atoms with van der Waals surface area (Å²) in [4.78, 5) is 0. The molecular weight excluding hydrogens is 332 g/mol. The third-order valence-corrected chi connectivity index (χ3v) is 5.30. The Labute approximate surface area is 156 Å². The van der Waals surface area contributed by atoms with E-state index >= 15 is 0 Å². The third kappa shape index (κ3) is 5.51. The second-order valence-electron chi connectivity index (χ2n) is 7.32. The van der Waals surface area contributed by atoms with E-state index in [1.54, 1.807) is 0 Å². The average Bonchev–Trinajstić information content (AvgIpc) is 2.66. The Balaban J connectivity index is 1.97. The van der Waals surface area contributed by atoms with E-state index in [0.29, 0.717) is 0 Å². The van der Waals surface area contributed by atoms with Crippen molar-refractivity contribution >= 4 is 0 Å². The molecule has 1 heterocycles. The van der Waals surface area contributed by atoms with Crippen molar-refractivity contribution in [2.45, 2.75) is 88.8 Å². The Morgan fingerprint density at radius 3 is 2.19 bits per heavy atom. The second kappa shape index (κ2) is 11.0. The molecule has 0 spiro atoms. The summed E-state index contributed by atoms with van der Waals surface area (Å²) in [6.07, 6.45) is 4.03. The Morgan fingerprint density at radius 1 is 0.846 bits per heavy atom. The molecule has 0 aromatic heterocycles. The van der Waals surface area contributed by atoms with Crippen molar-refractivity contribution < 1.29 is 25.2 Å². The quantitative estimate of drug-likeness (QED) is 0.478. The standard InChI is InChI=1S/C21H34O5/c1-2-3-4-5-6-7-8-11-15-12-9-10-13-16(15)21-20(25)19(24)18(23)17(14-22)26-21/h9-10,12-13,17-25H,2-8,11,14H2,1H3/t17-,18-,19+,20+,21?/m1/s1. The summed E-state index contributed by atoms with van der Waals surface area (Å²) >= 11 is 0. The van der Waals surface area contributed by atoms with Gasteiger partial charge in [-0.25, -0.2) is 0 Å². The van der Waals surface area contributed by atoms with Crippen LogP contribution in [0.1, 0.15) is 69.1 Å². The highest BCUT2D eigenvalue weighted by Gasteiger charge is 2.44. The lowest BCUT2D eigenvalue weighted by molar-refractivity contribution is -0.231. The number of rotatable bonds is 10. The van der Waals surface area contributed by atoms with Crippen LogP contribution in [-0.2, 0) is 11.2 Å². The molecule has 4 N–H and O–H groups in total. The second-order valence-corrected chi connectivity index (χ2v) is 7.32. The molecule has 5 atom stereocenters. The Bertz CT molecular complexity index is 519. The van der Waals surface area contributed by atoms with Gasteiger partial charge in [0, 0.05) is 0 Å². The van der Waals surface area contributed by atoms with Crippen LogP contribution in [0.3, 0.4) is 0 Å². The van der Waals surface area contributed by atoms with E-state index in [0.717, 1.165) is 24.0 Å². The number of benzene rings is 1. The lowest BCUT2D eigenvalue weighted by Crippen LogP contribution is -2.55. The van der Waals surface area contributed by atoms with Gasteiger partial charge in [0.1, 0.15) is 30.5 Å². The summed E-state index contributed by atoms with van der Waals surface area (Å²) in [5.74, 6) is 0. The van der Waals surface area contributed by atoms with Crippen molar-refractivity contribution in [3.05, 3.63) is 35.4 Å².